The predicted molar refractivity (Wildman–Crippen MR) is 81.6 cm³/mol. The fourth-order valence-corrected chi connectivity index (χ4v) is 2.82. The fraction of sp³-hybridized carbons (Fsp3) is 0.235. The molecular weight excluding hydrogens is 248 g/mol. The normalized spacial score (nSPS) is 17.3. The molecule has 3 N–H and O–H groups in total. The zero-order valence-corrected chi connectivity index (χ0v) is 11.3. The summed E-state index contributed by atoms with van der Waals surface area (Å²) < 4.78 is 0. The van der Waals surface area contributed by atoms with Crippen molar-refractivity contribution in [1.82, 2.24) is 0 Å². The Bertz CT molecular complexity index is 619. The first kappa shape index (κ1) is 12.7. The number of hydrogen-bond donors (Lipinski definition) is 2. The number of amides is 1. The van der Waals surface area contributed by atoms with Crippen molar-refractivity contribution in [1.29, 1.82) is 0 Å². The SMILES string of the molecule is Nc1ccc(NC(=O)C2CCCc3ccccc32)cc1. The van der Waals surface area contributed by atoms with Crippen molar-refractivity contribution in [2.24, 2.45) is 0 Å². The lowest BCUT2D eigenvalue weighted by molar-refractivity contribution is -0.117. The average Bonchev–Trinajstić information content (AvgIpc) is 2.49. The maximum absolute atomic E-state index is 12.5. The summed E-state index contributed by atoms with van der Waals surface area (Å²) >= 11 is 0. The van der Waals surface area contributed by atoms with Crippen molar-refractivity contribution in [3.63, 3.8) is 0 Å². The summed E-state index contributed by atoms with van der Waals surface area (Å²) in [5.74, 6) is 0.0272. The highest BCUT2D eigenvalue weighted by Crippen LogP contribution is 2.32. The van der Waals surface area contributed by atoms with E-state index in [0.717, 1.165) is 24.9 Å². The van der Waals surface area contributed by atoms with E-state index in [1.54, 1.807) is 12.1 Å². The lowest BCUT2D eigenvalue weighted by atomic mass is 9.82. The molecule has 0 saturated carbocycles. The van der Waals surface area contributed by atoms with Gasteiger partial charge < -0.3 is 11.1 Å². The van der Waals surface area contributed by atoms with Crippen molar-refractivity contribution < 1.29 is 4.79 Å². The van der Waals surface area contributed by atoms with Crippen LogP contribution in [0.4, 0.5) is 11.4 Å². The van der Waals surface area contributed by atoms with Crippen molar-refractivity contribution in [2.75, 3.05) is 11.1 Å². The van der Waals surface area contributed by atoms with Gasteiger partial charge >= 0.3 is 0 Å². The van der Waals surface area contributed by atoms with Crippen molar-refractivity contribution in [2.45, 2.75) is 25.2 Å². The molecule has 0 aromatic heterocycles. The maximum atomic E-state index is 12.5. The number of aryl methyl sites for hydroxylation is 1. The number of nitrogens with one attached hydrogen (secondary N) is 1. The Morgan fingerprint density at radius 2 is 1.85 bits per heavy atom. The number of nitrogens with two attached hydrogens (primary N) is 1. The van der Waals surface area contributed by atoms with Crippen LogP contribution >= 0.6 is 0 Å². The van der Waals surface area contributed by atoms with Crippen LogP contribution in [-0.2, 0) is 11.2 Å². The minimum atomic E-state index is -0.0440. The van der Waals surface area contributed by atoms with Crippen LogP contribution < -0.4 is 11.1 Å². The van der Waals surface area contributed by atoms with E-state index in [0.29, 0.717) is 5.69 Å². The summed E-state index contributed by atoms with van der Waals surface area (Å²) in [6.07, 6.45) is 3.05. The Balaban J connectivity index is 1.80. The van der Waals surface area contributed by atoms with E-state index in [4.69, 9.17) is 5.73 Å². The third kappa shape index (κ3) is 2.52. The molecule has 0 saturated heterocycles. The van der Waals surface area contributed by atoms with Crippen LogP contribution in [0.15, 0.2) is 48.5 Å². The summed E-state index contributed by atoms with van der Waals surface area (Å²) in [4.78, 5) is 12.5. The lowest BCUT2D eigenvalue weighted by Crippen LogP contribution is -2.24. The Kier molecular flexibility index (Phi) is 3.42. The molecule has 0 spiro atoms. The molecule has 1 atom stereocenters. The van der Waals surface area contributed by atoms with Crippen molar-refractivity contribution in [3.05, 3.63) is 59.7 Å². The van der Waals surface area contributed by atoms with E-state index in [9.17, 15) is 4.79 Å². The number of rotatable bonds is 2. The van der Waals surface area contributed by atoms with Crippen LogP contribution in [0.3, 0.4) is 0 Å². The van der Waals surface area contributed by atoms with Crippen molar-refractivity contribution >= 4 is 17.3 Å². The minimum Gasteiger partial charge on any atom is -0.399 e. The molecule has 3 nitrogen and oxygen atoms in total. The summed E-state index contributed by atoms with van der Waals surface area (Å²) in [7, 11) is 0. The molecule has 0 heterocycles. The Morgan fingerprint density at radius 3 is 2.65 bits per heavy atom. The Morgan fingerprint density at radius 1 is 1.10 bits per heavy atom. The zero-order chi connectivity index (χ0) is 13.9. The lowest BCUT2D eigenvalue weighted by Gasteiger charge is -2.24. The first-order chi connectivity index (χ1) is 9.74. The number of anilines is 2. The Labute approximate surface area is 118 Å². The summed E-state index contributed by atoms with van der Waals surface area (Å²) in [6.45, 7) is 0. The predicted octanol–water partition coefficient (Wildman–Crippen LogP) is 3.33. The second kappa shape index (κ2) is 5.37. The van der Waals surface area contributed by atoms with E-state index in [-0.39, 0.29) is 11.8 Å². The second-order valence-corrected chi connectivity index (χ2v) is 5.25. The highest BCUT2D eigenvalue weighted by atomic mass is 16.1. The molecule has 102 valence electrons. The number of carbonyl (C=O) groups excluding carboxylic acids is 1. The first-order valence-corrected chi connectivity index (χ1v) is 6.98. The molecule has 1 unspecified atom stereocenters. The van der Waals surface area contributed by atoms with Gasteiger partial charge in [-0.3, -0.25) is 4.79 Å². The maximum Gasteiger partial charge on any atom is 0.231 e. The van der Waals surface area contributed by atoms with Crippen LogP contribution in [-0.4, -0.2) is 5.91 Å². The molecule has 0 bridgehead atoms. The fourth-order valence-electron chi connectivity index (χ4n) is 2.82. The van der Waals surface area contributed by atoms with E-state index < -0.39 is 0 Å². The number of benzene rings is 2. The molecule has 0 aliphatic heterocycles. The van der Waals surface area contributed by atoms with Gasteiger partial charge in [0.1, 0.15) is 0 Å². The van der Waals surface area contributed by atoms with Gasteiger partial charge in [-0.2, -0.15) is 0 Å². The van der Waals surface area contributed by atoms with E-state index in [2.05, 4.69) is 17.4 Å². The molecule has 1 aliphatic carbocycles. The molecule has 1 aliphatic rings. The van der Waals surface area contributed by atoms with Crippen LogP contribution in [0.2, 0.25) is 0 Å². The third-order valence-electron chi connectivity index (χ3n) is 3.86. The molecule has 0 radical (unpaired) electrons. The standard InChI is InChI=1S/C17H18N2O/c18-13-8-10-14(11-9-13)19-17(20)16-7-3-5-12-4-1-2-6-15(12)16/h1-2,4,6,8-11,16H,3,5,7,18H2,(H,19,20). The number of fused-ring (bicyclic) bond motifs is 1. The van der Waals surface area contributed by atoms with E-state index >= 15 is 0 Å². The number of hydrogen-bond acceptors (Lipinski definition) is 2. The van der Waals surface area contributed by atoms with Crippen molar-refractivity contribution in [3.8, 4) is 0 Å². The molecule has 0 fully saturated rings. The second-order valence-electron chi connectivity index (χ2n) is 5.25. The van der Waals surface area contributed by atoms with Gasteiger partial charge in [-0.25, -0.2) is 0 Å². The minimum absolute atomic E-state index is 0.0440. The first-order valence-electron chi connectivity index (χ1n) is 6.98. The number of nitrogen functional groups attached to an aromatic ring is 1. The molecular formula is C17H18N2O. The highest BCUT2D eigenvalue weighted by Gasteiger charge is 2.25. The van der Waals surface area contributed by atoms with Gasteiger partial charge in [-0.05, 0) is 54.7 Å². The molecule has 20 heavy (non-hydrogen) atoms. The van der Waals surface area contributed by atoms with Gasteiger partial charge in [0.05, 0.1) is 5.92 Å². The van der Waals surface area contributed by atoms with E-state index in [1.807, 2.05) is 24.3 Å². The summed E-state index contributed by atoms with van der Waals surface area (Å²) in [5.41, 5.74) is 9.62. The largest absolute Gasteiger partial charge is 0.399 e. The van der Waals surface area contributed by atoms with Gasteiger partial charge in [-0.15, -0.1) is 0 Å². The quantitative estimate of drug-likeness (QED) is 0.819. The van der Waals surface area contributed by atoms with Gasteiger partial charge in [-0.1, -0.05) is 24.3 Å². The monoisotopic (exact) mass is 266 g/mol. The smallest absolute Gasteiger partial charge is 0.231 e. The van der Waals surface area contributed by atoms with Crippen LogP contribution in [0.1, 0.15) is 29.9 Å². The molecule has 2 aromatic rings. The molecule has 1 amide bonds. The summed E-state index contributed by atoms with van der Waals surface area (Å²) in [5, 5.41) is 2.99. The van der Waals surface area contributed by atoms with Crippen LogP contribution in [0.25, 0.3) is 0 Å². The third-order valence-corrected chi connectivity index (χ3v) is 3.86. The van der Waals surface area contributed by atoms with Gasteiger partial charge in [0, 0.05) is 11.4 Å². The van der Waals surface area contributed by atoms with Gasteiger partial charge in [0.25, 0.3) is 0 Å². The summed E-state index contributed by atoms with van der Waals surface area (Å²) in [6, 6.07) is 15.5. The molecule has 3 heteroatoms. The highest BCUT2D eigenvalue weighted by molar-refractivity contribution is 5.96. The Hall–Kier alpha value is -2.29. The number of carbonyl (C=O) groups is 1. The van der Waals surface area contributed by atoms with Gasteiger partial charge in [0.2, 0.25) is 5.91 Å². The van der Waals surface area contributed by atoms with Crippen LogP contribution in [0.5, 0.6) is 0 Å². The van der Waals surface area contributed by atoms with Gasteiger partial charge in [0.15, 0.2) is 0 Å². The molecule has 3 rings (SSSR count). The average molecular weight is 266 g/mol. The zero-order valence-electron chi connectivity index (χ0n) is 11.3. The topological polar surface area (TPSA) is 55.1 Å². The van der Waals surface area contributed by atoms with E-state index in [1.165, 1.54) is 11.1 Å². The van der Waals surface area contributed by atoms with Crippen LogP contribution in [0, 0.1) is 0 Å². The molecule has 2 aromatic carbocycles.